The molecular formula is C43H72NPS. The molecule has 0 aromatic heterocycles. The van der Waals surface area contributed by atoms with E-state index in [-0.39, 0.29) is 15.9 Å². The van der Waals surface area contributed by atoms with Crippen molar-refractivity contribution < 1.29 is 0 Å². The van der Waals surface area contributed by atoms with Crippen LogP contribution in [0.3, 0.4) is 0 Å². The van der Waals surface area contributed by atoms with Gasteiger partial charge in [0, 0.05) is 18.8 Å². The highest BCUT2D eigenvalue weighted by molar-refractivity contribution is 8.14. The van der Waals surface area contributed by atoms with E-state index < -0.39 is 0 Å². The van der Waals surface area contributed by atoms with Crippen molar-refractivity contribution in [1.82, 2.24) is 4.90 Å². The number of nitrogens with zero attached hydrogens (tertiary/aromatic N) is 1. The number of hydrogen-bond acceptors (Lipinski definition) is 1. The van der Waals surface area contributed by atoms with E-state index in [1.165, 1.54) is 71.0 Å². The molecule has 3 heteroatoms. The highest BCUT2D eigenvalue weighted by Crippen LogP contribution is 2.31. The Bertz CT molecular complexity index is 1200. The summed E-state index contributed by atoms with van der Waals surface area (Å²) in [6, 6.07) is 7.06. The second kappa shape index (κ2) is 22.1. The predicted molar refractivity (Wildman–Crippen MR) is 220 cm³/mol. The predicted octanol–water partition coefficient (Wildman–Crippen LogP) is 12.5. The van der Waals surface area contributed by atoms with E-state index in [4.69, 9.17) is 0 Å². The summed E-state index contributed by atoms with van der Waals surface area (Å²) in [5.74, 6) is 5.46. The van der Waals surface area contributed by atoms with Gasteiger partial charge in [-0.05, 0) is 130 Å². The van der Waals surface area contributed by atoms with Gasteiger partial charge in [-0.2, -0.15) is 10.5 Å². The molecule has 1 rings (SSSR count). The third-order valence-electron chi connectivity index (χ3n) is 9.49. The lowest BCUT2D eigenvalue weighted by Gasteiger charge is -2.38. The SMILES string of the molecule is C=C(C)C/C=C\C(C)=C(/CC)N(CC(CC)CC(=C)/C=C/[C@H](C)C[C@H](CC)S(=C)C)CC(C)(C)CCCc1cc(PC)ccc1C. The van der Waals surface area contributed by atoms with Crippen LogP contribution in [0.2, 0.25) is 0 Å². The zero-order chi connectivity index (χ0) is 34.9. The van der Waals surface area contributed by atoms with Crippen LogP contribution in [0.4, 0.5) is 0 Å². The average Bonchev–Trinajstić information content (AvgIpc) is 2.99. The topological polar surface area (TPSA) is 3.24 Å². The average molecular weight is 666 g/mol. The summed E-state index contributed by atoms with van der Waals surface area (Å²) in [6.45, 7) is 34.1. The van der Waals surface area contributed by atoms with Gasteiger partial charge in [-0.1, -0.05) is 129 Å². The summed E-state index contributed by atoms with van der Waals surface area (Å²) in [5, 5.41) is 2.19. The van der Waals surface area contributed by atoms with E-state index in [2.05, 4.69) is 142 Å². The minimum absolute atomic E-state index is 0.215. The molecule has 0 radical (unpaired) electrons. The number of hydrogen-bond donors (Lipinski definition) is 0. The molecule has 0 saturated carbocycles. The molecule has 0 amide bonds. The lowest BCUT2D eigenvalue weighted by molar-refractivity contribution is 0.174. The Balaban J connectivity index is 3.15. The Morgan fingerprint density at radius 1 is 1.09 bits per heavy atom. The first-order valence-electron chi connectivity index (χ1n) is 18.0. The lowest BCUT2D eigenvalue weighted by atomic mass is 9.84. The molecule has 0 heterocycles. The standard InChI is InChI=1S/C43H72NPS/c1-15-38(28-34(6)23-24-35(7)29-41(16-2)46(13)14)31-44(42(17-3)37(9)21-18-20-33(4)5)32-43(10,11)27-19-22-39-30-40(45-12)26-25-36(39)8/h18,21,23-26,30,35,38,41,45H,4,6,13,15-17,19-20,22,27-29,31-32H2,1-3,5,7-12,14H3/b21-18-,24-23+,42-37+/t35-,38?,41-,46?/m0/s1. The molecule has 0 spiro atoms. The Hall–Kier alpha value is -1.63. The summed E-state index contributed by atoms with van der Waals surface area (Å²) < 4.78 is 0. The molecule has 0 bridgehead atoms. The number of aryl methyl sites for hydroxylation is 2. The summed E-state index contributed by atoms with van der Waals surface area (Å²) >= 11 is 0. The van der Waals surface area contributed by atoms with Gasteiger partial charge in [-0.15, -0.1) is 0 Å². The van der Waals surface area contributed by atoms with Crippen molar-refractivity contribution in [3.63, 3.8) is 0 Å². The molecule has 0 aliphatic heterocycles. The van der Waals surface area contributed by atoms with Gasteiger partial charge >= 0.3 is 0 Å². The first-order chi connectivity index (χ1) is 21.7. The molecule has 5 atom stereocenters. The van der Waals surface area contributed by atoms with E-state index in [1.807, 2.05) is 0 Å². The maximum Gasteiger partial charge on any atom is 0.0226 e. The Kier molecular flexibility index (Phi) is 20.4. The molecular weight excluding hydrogens is 594 g/mol. The van der Waals surface area contributed by atoms with Crippen LogP contribution in [-0.4, -0.2) is 42.0 Å². The maximum absolute atomic E-state index is 4.53. The maximum atomic E-state index is 4.53. The molecule has 0 saturated heterocycles. The van der Waals surface area contributed by atoms with Crippen LogP contribution in [0.1, 0.15) is 118 Å². The van der Waals surface area contributed by atoms with Gasteiger partial charge in [0.1, 0.15) is 0 Å². The van der Waals surface area contributed by atoms with Crippen molar-refractivity contribution in [3.8, 4) is 0 Å². The first kappa shape index (κ1) is 42.4. The molecule has 46 heavy (non-hydrogen) atoms. The van der Waals surface area contributed by atoms with E-state index in [9.17, 15) is 0 Å². The fraction of sp³-hybridized carbons (Fsp3) is 0.605. The van der Waals surface area contributed by atoms with Crippen LogP contribution in [0.5, 0.6) is 0 Å². The van der Waals surface area contributed by atoms with Crippen LogP contribution in [0, 0.1) is 24.2 Å². The molecule has 1 nitrogen and oxygen atoms in total. The molecule has 0 N–H and O–H groups in total. The van der Waals surface area contributed by atoms with Crippen LogP contribution >= 0.6 is 19.1 Å². The Morgan fingerprint density at radius 3 is 2.35 bits per heavy atom. The molecule has 1 aromatic rings. The van der Waals surface area contributed by atoms with Crippen molar-refractivity contribution in [2.45, 2.75) is 125 Å². The van der Waals surface area contributed by atoms with Gasteiger partial charge in [0.25, 0.3) is 0 Å². The Morgan fingerprint density at radius 2 is 1.78 bits per heavy atom. The summed E-state index contributed by atoms with van der Waals surface area (Å²) in [7, 11) is 1.09. The molecule has 1 aromatic carbocycles. The number of rotatable bonds is 23. The second-order valence-corrected chi connectivity index (χ2v) is 17.9. The van der Waals surface area contributed by atoms with E-state index in [1.54, 1.807) is 0 Å². The van der Waals surface area contributed by atoms with E-state index in [0.29, 0.717) is 17.1 Å². The zero-order valence-corrected chi connectivity index (χ0v) is 33.8. The highest BCUT2D eigenvalue weighted by atomic mass is 32.2. The van der Waals surface area contributed by atoms with Crippen LogP contribution in [-0.2, 0) is 6.42 Å². The largest absolute Gasteiger partial charge is 0.374 e. The van der Waals surface area contributed by atoms with Gasteiger partial charge in [-0.25, -0.2) is 0 Å². The fourth-order valence-corrected chi connectivity index (χ4v) is 8.27. The van der Waals surface area contributed by atoms with E-state index in [0.717, 1.165) is 47.4 Å². The van der Waals surface area contributed by atoms with Crippen LogP contribution in [0.25, 0.3) is 0 Å². The summed E-state index contributed by atoms with van der Waals surface area (Å²) in [4.78, 5) is 2.75. The Labute approximate surface area is 291 Å². The van der Waals surface area contributed by atoms with Gasteiger partial charge in [-0.3, -0.25) is 0 Å². The second-order valence-electron chi connectivity index (χ2n) is 14.8. The van der Waals surface area contributed by atoms with Crippen molar-refractivity contribution in [1.29, 1.82) is 0 Å². The zero-order valence-electron chi connectivity index (χ0n) is 32.0. The summed E-state index contributed by atoms with van der Waals surface area (Å²) in [5.41, 5.74) is 8.53. The molecule has 260 valence electrons. The minimum Gasteiger partial charge on any atom is -0.374 e. The van der Waals surface area contributed by atoms with E-state index >= 15 is 0 Å². The lowest BCUT2D eigenvalue weighted by Crippen LogP contribution is -2.37. The first-order valence-corrected chi connectivity index (χ1v) is 21.4. The third-order valence-corrected chi connectivity index (χ3v) is 12.0. The third kappa shape index (κ3) is 16.5. The van der Waals surface area contributed by atoms with Crippen LogP contribution in [0.15, 0.2) is 78.1 Å². The highest BCUT2D eigenvalue weighted by Gasteiger charge is 2.25. The summed E-state index contributed by atoms with van der Waals surface area (Å²) in [6.07, 6.45) is 21.9. The van der Waals surface area contributed by atoms with Crippen molar-refractivity contribution in [2.75, 3.05) is 26.0 Å². The van der Waals surface area contributed by atoms with Gasteiger partial charge in [0.15, 0.2) is 0 Å². The van der Waals surface area contributed by atoms with Crippen molar-refractivity contribution in [3.05, 3.63) is 89.2 Å². The van der Waals surface area contributed by atoms with Crippen LogP contribution < -0.4 is 5.30 Å². The number of benzene rings is 1. The molecule has 0 fully saturated rings. The van der Waals surface area contributed by atoms with Gasteiger partial charge < -0.3 is 4.90 Å². The van der Waals surface area contributed by atoms with Gasteiger partial charge in [0.05, 0.1) is 0 Å². The minimum atomic E-state index is 0.215. The normalized spacial score (nSPS) is 15.8. The fourth-order valence-electron chi connectivity index (χ4n) is 6.50. The quantitative estimate of drug-likeness (QED) is 0.0487. The molecule has 0 aliphatic carbocycles. The molecule has 3 unspecified atom stereocenters. The molecule has 0 aliphatic rings. The van der Waals surface area contributed by atoms with Crippen molar-refractivity contribution in [2.24, 2.45) is 17.3 Å². The van der Waals surface area contributed by atoms with Gasteiger partial charge in [0.2, 0.25) is 0 Å². The number of allylic oxidation sites excluding steroid dienone is 8. The van der Waals surface area contributed by atoms with Crippen molar-refractivity contribution >= 4 is 30.2 Å². The monoisotopic (exact) mass is 666 g/mol. The smallest absolute Gasteiger partial charge is 0.0226 e.